The van der Waals surface area contributed by atoms with E-state index in [0.29, 0.717) is 47.4 Å². The maximum Gasteiger partial charge on any atom is 0.192 e. The lowest BCUT2D eigenvalue weighted by Gasteiger charge is -2.36. The zero-order chi connectivity index (χ0) is 35.0. The first-order chi connectivity index (χ1) is 22.5. The standard InChI is InChI=1S/C40H46N4O2Si2/c1-39(2,3)47(7,8)45-29-37-21-13-19-35(43-37)27-25-33-17-11-15-31(41-33)23-24-32-16-12-18-34(42-32)26-28-36-20-14-22-38(44-36)30-46-48(9,10)40(4,5)6/h11-22H,29-30H2,1-10H3. The zero-order valence-electron chi connectivity index (χ0n) is 29.9. The number of pyridine rings is 4. The van der Waals surface area contributed by atoms with Crippen LogP contribution in [0.3, 0.4) is 0 Å². The lowest BCUT2D eigenvalue weighted by atomic mass is 10.2. The van der Waals surface area contributed by atoms with Gasteiger partial charge in [0.25, 0.3) is 0 Å². The first-order valence-electron chi connectivity index (χ1n) is 16.2. The topological polar surface area (TPSA) is 70.0 Å². The van der Waals surface area contributed by atoms with Crippen molar-refractivity contribution in [1.29, 1.82) is 0 Å². The number of aromatic nitrogens is 4. The highest BCUT2D eigenvalue weighted by Gasteiger charge is 2.38. The second-order valence-corrected chi connectivity index (χ2v) is 24.3. The van der Waals surface area contributed by atoms with E-state index in [9.17, 15) is 0 Å². The van der Waals surface area contributed by atoms with Crippen LogP contribution >= 0.6 is 0 Å². The van der Waals surface area contributed by atoms with Crippen molar-refractivity contribution in [2.45, 2.75) is 91.0 Å². The summed E-state index contributed by atoms with van der Waals surface area (Å²) in [6.07, 6.45) is 0. The molecule has 0 aliphatic heterocycles. The van der Waals surface area contributed by atoms with Crippen LogP contribution in [-0.2, 0) is 22.1 Å². The van der Waals surface area contributed by atoms with E-state index in [1.54, 1.807) is 0 Å². The SMILES string of the molecule is CC(C)(C)[Si](C)(C)OCc1cccc(C#Cc2cccc(C#Cc3cccc(C#Cc4cccc(CO[Si](C)(C)C(C)(C)C)n4)n3)n2)n1. The van der Waals surface area contributed by atoms with Gasteiger partial charge in [0.2, 0.25) is 0 Å². The summed E-state index contributed by atoms with van der Waals surface area (Å²) in [4.78, 5) is 18.6. The van der Waals surface area contributed by atoms with Crippen LogP contribution in [0.5, 0.6) is 0 Å². The highest BCUT2D eigenvalue weighted by molar-refractivity contribution is 6.74. The monoisotopic (exact) mass is 670 g/mol. The Morgan fingerprint density at radius 1 is 0.438 bits per heavy atom. The fraction of sp³-hybridized carbons (Fsp3) is 0.350. The molecule has 0 spiro atoms. The molecule has 0 radical (unpaired) electrons. The van der Waals surface area contributed by atoms with Crippen LogP contribution in [0, 0.1) is 35.5 Å². The molecule has 0 saturated heterocycles. The first-order valence-corrected chi connectivity index (χ1v) is 22.0. The molecule has 4 rings (SSSR count). The zero-order valence-corrected chi connectivity index (χ0v) is 31.9. The van der Waals surface area contributed by atoms with Crippen LogP contribution in [0.25, 0.3) is 0 Å². The van der Waals surface area contributed by atoms with Crippen LogP contribution in [0.1, 0.15) is 87.1 Å². The molecule has 0 aliphatic carbocycles. The molecule has 6 nitrogen and oxygen atoms in total. The van der Waals surface area contributed by atoms with Crippen molar-refractivity contribution in [2.24, 2.45) is 0 Å². The van der Waals surface area contributed by atoms with Gasteiger partial charge in [-0.3, -0.25) is 0 Å². The maximum absolute atomic E-state index is 6.33. The molecule has 0 aliphatic rings. The van der Waals surface area contributed by atoms with Crippen molar-refractivity contribution in [1.82, 2.24) is 19.9 Å². The molecule has 0 unspecified atom stereocenters. The van der Waals surface area contributed by atoms with Crippen molar-refractivity contribution >= 4 is 16.6 Å². The highest BCUT2D eigenvalue weighted by atomic mass is 28.4. The van der Waals surface area contributed by atoms with Crippen molar-refractivity contribution in [3.63, 3.8) is 0 Å². The summed E-state index contributed by atoms with van der Waals surface area (Å²) in [7, 11) is -3.73. The first kappa shape index (κ1) is 36.5. The Morgan fingerprint density at radius 3 is 0.958 bits per heavy atom. The number of rotatable bonds is 6. The molecule has 4 aromatic rings. The highest BCUT2D eigenvalue weighted by Crippen LogP contribution is 2.37. The Balaban J connectivity index is 1.42. The summed E-state index contributed by atoms with van der Waals surface area (Å²) < 4.78 is 12.7. The van der Waals surface area contributed by atoms with Crippen LogP contribution in [0.15, 0.2) is 72.8 Å². The molecule has 0 amide bonds. The third-order valence-electron chi connectivity index (χ3n) is 8.84. The van der Waals surface area contributed by atoms with E-state index in [0.717, 1.165) is 11.4 Å². The Labute approximate surface area is 289 Å². The third kappa shape index (κ3) is 10.6. The second kappa shape index (κ2) is 15.2. The molecule has 0 bridgehead atoms. The van der Waals surface area contributed by atoms with E-state index in [2.05, 4.69) is 123 Å². The van der Waals surface area contributed by atoms with Crippen LogP contribution < -0.4 is 0 Å². The smallest absolute Gasteiger partial charge is 0.192 e. The van der Waals surface area contributed by atoms with E-state index in [1.807, 2.05) is 72.8 Å². The molecule has 48 heavy (non-hydrogen) atoms. The van der Waals surface area contributed by atoms with E-state index >= 15 is 0 Å². The van der Waals surface area contributed by atoms with E-state index in [1.165, 1.54) is 0 Å². The van der Waals surface area contributed by atoms with Gasteiger partial charge in [-0.25, -0.2) is 19.9 Å². The van der Waals surface area contributed by atoms with Gasteiger partial charge in [-0.15, -0.1) is 0 Å². The minimum absolute atomic E-state index is 0.142. The average molecular weight is 671 g/mol. The minimum Gasteiger partial charge on any atom is -0.411 e. The number of nitrogens with zero attached hydrogens (tertiary/aromatic N) is 4. The molecule has 8 heteroatoms. The quantitative estimate of drug-likeness (QED) is 0.151. The van der Waals surface area contributed by atoms with Gasteiger partial charge in [-0.05, 0) is 120 Å². The second-order valence-electron chi connectivity index (χ2n) is 14.7. The Hall–Kier alpha value is -4.37. The van der Waals surface area contributed by atoms with E-state index in [4.69, 9.17) is 8.85 Å². The van der Waals surface area contributed by atoms with Crippen molar-refractivity contribution in [3.8, 4) is 35.5 Å². The third-order valence-corrected chi connectivity index (χ3v) is 17.8. The summed E-state index contributed by atoms with van der Waals surface area (Å²) in [5, 5.41) is 0.283. The van der Waals surface area contributed by atoms with Crippen LogP contribution in [-0.4, -0.2) is 36.6 Å². The van der Waals surface area contributed by atoms with Gasteiger partial charge in [0.1, 0.15) is 34.2 Å². The van der Waals surface area contributed by atoms with Crippen molar-refractivity contribution < 1.29 is 8.85 Å². The normalized spacial score (nSPS) is 11.8. The largest absolute Gasteiger partial charge is 0.411 e. The Morgan fingerprint density at radius 2 is 0.688 bits per heavy atom. The van der Waals surface area contributed by atoms with E-state index in [-0.39, 0.29) is 10.1 Å². The Kier molecular flexibility index (Phi) is 11.6. The minimum atomic E-state index is -1.87. The maximum atomic E-state index is 6.33. The van der Waals surface area contributed by atoms with Crippen molar-refractivity contribution in [2.75, 3.05) is 0 Å². The van der Waals surface area contributed by atoms with Gasteiger partial charge >= 0.3 is 0 Å². The molecular formula is C40H46N4O2Si2. The van der Waals surface area contributed by atoms with E-state index < -0.39 is 16.6 Å². The lowest BCUT2D eigenvalue weighted by molar-refractivity contribution is 0.272. The fourth-order valence-electron chi connectivity index (χ4n) is 3.73. The molecule has 246 valence electrons. The van der Waals surface area contributed by atoms with Crippen LogP contribution in [0.4, 0.5) is 0 Å². The molecule has 0 aromatic carbocycles. The van der Waals surface area contributed by atoms with Gasteiger partial charge in [0.05, 0.1) is 24.6 Å². The summed E-state index contributed by atoms with van der Waals surface area (Å²) in [6, 6.07) is 22.9. The summed E-state index contributed by atoms with van der Waals surface area (Å²) in [6.45, 7) is 23.3. The summed E-state index contributed by atoms with van der Waals surface area (Å²) >= 11 is 0. The van der Waals surface area contributed by atoms with Gasteiger partial charge in [-0.2, -0.15) is 0 Å². The predicted octanol–water partition coefficient (Wildman–Crippen LogP) is 8.51. The molecule has 0 fully saturated rings. The molecule has 4 heterocycles. The average Bonchev–Trinajstić information content (AvgIpc) is 3.03. The van der Waals surface area contributed by atoms with Gasteiger partial charge in [0, 0.05) is 0 Å². The van der Waals surface area contributed by atoms with Crippen LogP contribution in [0.2, 0.25) is 36.3 Å². The Bertz CT molecular complexity index is 1800. The lowest BCUT2D eigenvalue weighted by Crippen LogP contribution is -2.40. The van der Waals surface area contributed by atoms with Gasteiger partial charge in [0.15, 0.2) is 16.6 Å². The summed E-state index contributed by atoms with van der Waals surface area (Å²) in [5.74, 6) is 18.7. The molecule has 0 atom stereocenters. The number of hydrogen-bond donors (Lipinski definition) is 0. The summed E-state index contributed by atoms with van der Waals surface area (Å²) in [5.41, 5.74) is 5.52. The molecule has 4 aromatic heterocycles. The van der Waals surface area contributed by atoms with Gasteiger partial charge in [-0.1, -0.05) is 65.8 Å². The molecule has 0 N–H and O–H groups in total. The number of hydrogen-bond acceptors (Lipinski definition) is 6. The fourth-order valence-corrected chi connectivity index (χ4v) is 5.62. The molecular weight excluding hydrogens is 625 g/mol. The molecule has 0 saturated carbocycles. The van der Waals surface area contributed by atoms with Crippen molar-refractivity contribution in [3.05, 3.63) is 118 Å². The van der Waals surface area contributed by atoms with Gasteiger partial charge < -0.3 is 8.85 Å². The predicted molar refractivity (Wildman–Crippen MR) is 199 cm³/mol.